The number of nitrogens with two attached hydrogens (primary N) is 1. The Morgan fingerprint density at radius 1 is 1.36 bits per heavy atom. The number of aliphatic hydroxyl groups excluding tert-OH is 1. The molecule has 0 saturated carbocycles. The van der Waals surface area contributed by atoms with Crippen LogP contribution in [0.3, 0.4) is 0 Å². The van der Waals surface area contributed by atoms with Crippen LogP contribution in [-0.4, -0.2) is 42.3 Å². The highest BCUT2D eigenvalue weighted by Gasteiger charge is 2.22. The Labute approximate surface area is 87.3 Å². The minimum Gasteiger partial charge on any atom is -0.395 e. The van der Waals surface area contributed by atoms with E-state index in [1.807, 2.05) is 0 Å². The van der Waals surface area contributed by atoms with Crippen molar-refractivity contribution in [1.29, 1.82) is 0 Å². The third-order valence-electron chi connectivity index (χ3n) is 3.30. The first kappa shape index (κ1) is 12.0. The van der Waals surface area contributed by atoms with Gasteiger partial charge < -0.3 is 15.7 Å². The maximum absolute atomic E-state index is 8.85. The van der Waals surface area contributed by atoms with E-state index < -0.39 is 0 Å². The number of hydrogen-bond donors (Lipinski definition) is 2. The monoisotopic (exact) mass is 200 g/mol. The molecular formula is C11H24N2O. The van der Waals surface area contributed by atoms with Crippen LogP contribution in [0.1, 0.15) is 26.7 Å². The molecule has 0 aromatic heterocycles. The van der Waals surface area contributed by atoms with Gasteiger partial charge in [-0.05, 0) is 37.8 Å². The van der Waals surface area contributed by atoms with Gasteiger partial charge in [-0.2, -0.15) is 0 Å². The zero-order valence-electron chi connectivity index (χ0n) is 9.45. The van der Waals surface area contributed by atoms with Gasteiger partial charge >= 0.3 is 0 Å². The van der Waals surface area contributed by atoms with Crippen molar-refractivity contribution in [3.05, 3.63) is 0 Å². The number of nitrogens with zero attached hydrogens (tertiary/aromatic N) is 1. The lowest BCUT2D eigenvalue weighted by Crippen LogP contribution is -2.44. The number of hydrogen-bond acceptors (Lipinski definition) is 3. The van der Waals surface area contributed by atoms with Crippen molar-refractivity contribution in [1.82, 2.24) is 4.90 Å². The van der Waals surface area contributed by atoms with E-state index in [1.165, 1.54) is 12.8 Å². The Balaban J connectivity index is 2.22. The van der Waals surface area contributed by atoms with Crippen molar-refractivity contribution in [2.75, 3.05) is 26.2 Å². The van der Waals surface area contributed by atoms with Crippen LogP contribution in [0.4, 0.5) is 0 Å². The van der Waals surface area contributed by atoms with Crippen molar-refractivity contribution in [3.8, 4) is 0 Å². The molecule has 0 aromatic rings. The summed E-state index contributed by atoms with van der Waals surface area (Å²) >= 11 is 0. The molecule has 3 nitrogen and oxygen atoms in total. The first-order chi connectivity index (χ1) is 6.63. The molecule has 1 saturated heterocycles. The molecule has 0 unspecified atom stereocenters. The van der Waals surface area contributed by atoms with Crippen molar-refractivity contribution < 1.29 is 5.11 Å². The molecule has 3 heteroatoms. The summed E-state index contributed by atoms with van der Waals surface area (Å²) in [5.41, 5.74) is 5.71. The van der Waals surface area contributed by atoms with Crippen molar-refractivity contribution in [2.45, 2.75) is 32.7 Å². The highest BCUT2D eigenvalue weighted by Crippen LogP contribution is 2.24. The molecule has 0 aliphatic carbocycles. The van der Waals surface area contributed by atoms with E-state index >= 15 is 0 Å². The second-order valence-electron chi connectivity index (χ2n) is 4.82. The van der Waals surface area contributed by atoms with E-state index in [9.17, 15) is 0 Å². The first-order valence-electron chi connectivity index (χ1n) is 5.72. The lowest BCUT2D eigenvalue weighted by Gasteiger charge is -2.34. The van der Waals surface area contributed by atoms with E-state index in [0.29, 0.717) is 0 Å². The molecule has 0 aromatic carbocycles. The van der Waals surface area contributed by atoms with Crippen molar-refractivity contribution in [2.24, 2.45) is 17.6 Å². The van der Waals surface area contributed by atoms with Gasteiger partial charge in [-0.1, -0.05) is 13.8 Å². The fourth-order valence-electron chi connectivity index (χ4n) is 2.19. The third-order valence-corrected chi connectivity index (χ3v) is 3.30. The van der Waals surface area contributed by atoms with Gasteiger partial charge in [-0.3, -0.25) is 0 Å². The molecular weight excluding hydrogens is 176 g/mol. The fourth-order valence-corrected chi connectivity index (χ4v) is 2.19. The zero-order chi connectivity index (χ0) is 10.6. The molecule has 1 fully saturated rings. The van der Waals surface area contributed by atoms with Crippen LogP contribution in [0.5, 0.6) is 0 Å². The molecule has 1 aliphatic heterocycles. The Morgan fingerprint density at radius 3 is 2.36 bits per heavy atom. The smallest absolute Gasteiger partial charge is 0.0595 e. The fraction of sp³-hybridized carbons (Fsp3) is 1.00. The maximum atomic E-state index is 8.85. The van der Waals surface area contributed by atoms with Crippen molar-refractivity contribution >= 4 is 0 Å². The lowest BCUT2D eigenvalue weighted by molar-refractivity contribution is 0.136. The average Bonchev–Trinajstić information content (AvgIpc) is 2.18. The van der Waals surface area contributed by atoms with Gasteiger partial charge in [0.1, 0.15) is 0 Å². The summed E-state index contributed by atoms with van der Waals surface area (Å²) in [6, 6.07) is -0.0643. The van der Waals surface area contributed by atoms with Crippen LogP contribution in [0.15, 0.2) is 0 Å². The number of aliphatic hydroxyl groups is 1. The molecule has 84 valence electrons. The quantitative estimate of drug-likeness (QED) is 0.701. The van der Waals surface area contributed by atoms with Crippen LogP contribution < -0.4 is 5.73 Å². The number of piperidine rings is 1. The number of rotatable bonds is 4. The Hall–Kier alpha value is -0.120. The van der Waals surface area contributed by atoms with Crippen LogP contribution in [0.2, 0.25) is 0 Å². The third kappa shape index (κ3) is 3.56. The predicted octanol–water partition coefficient (Wildman–Crippen LogP) is 0.674. The maximum Gasteiger partial charge on any atom is 0.0595 e. The second kappa shape index (κ2) is 5.69. The Morgan fingerprint density at radius 2 is 1.93 bits per heavy atom. The molecule has 14 heavy (non-hydrogen) atoms. The largest absolute Gasteiger partial charge is 0.395 e. The van der Waals surface area contributed by atoms with Gasteiger partial charge in [0.2, 0.25) is 0 Å². The van der Waals surface area contributed by atoms with Crippen LogP contribution in [0, 0.1) is 11.8 Å². The first-order valence-corrected chi connectivity index (χ1v) is 5.72. The minimum absolute atomic E-state index is 0.0643. The summed E-state index contributed by atoms with van der Waals surface area (Å²) in [4.78, 5) is 2.37. The molecule has 0 radical (unpaired) electrons. The van der Waals surface area contributed by atoms with Crippen molar-refractivity contribution in [3.63, 3.8) is 0 Å². The summed E-state index contributed by atoms with van der Waals surface area (Å²) in [5, 5.41) is 8.85. The molecule has 3 N–H and O–H groups in total. The van der Waals surface area contributed by atoms with E-state index in [1.54, 1.807) is 0 Å². The SMILES string of the molecule is CC(C)C1CCN(C[C@@H](N)CO)CC1. The molecule has 1 aliphatic rings. The minimum atomic E-state index is -0.0643. The van der Waals surface area contributed by atoms with Gasteiger partial charge in [-0.25, -0.2) is 0 Å². The highest BCUT2D eigenvalue weighted by atomic mass is 16.3. The zero-order valence-corrected chi connectivity index (χ0v) is 9.45. The van der Waals surface area contributed by atoms with Gasteiger partial charge in [0, 0.05) is 12.6 Å². The molecule has 1 atom stereocenters. The molecule has 0 spiro atoms. The predicted molar refractivity (Wildman–Crippen MR) is 59.1 cm³/mol. The van der Waals surface area contributed by atoms with Crippen LogP contribution in [0.25, 0.3) is 0 Å². The van der Waals surface area contributed by atoms with E-state index in [-0.39, 0.29) is 12.6 Å². The summed E-state index contributed by atoms with van der Waals surface area (Å²) in [7, 11) is 0. The van der Waals surface area contributed by atoms with Crippen LogP contribution in [-0.2, 0) is 0 Å². The highest BCUT2D eigenvalue weighted by molar-refractivity contribution is 4.76. The summed E-state index contributed by atoms with van der Waals surface area (Å²) in [6.07, 6.45) is 2.58. The van der Waals surface area contributed by atoms with E-state index in [0.717, 1.165) is 31.5 Å². The normalized spacial score (nSPS) is 22.9. The van der Waals surface area contributed by atoms with E-state index in [2.05, 4.69) is 18.7 Å². The number of likely N-dealkylation sites (tertiary alicyclic amines) is 1. The topological polar surface area (TPSA) is 49.5 Å². The standard InChI is InChI=1S/C11H24N2O/c1-9(2)10-3-5-13(6-4-10)7-11(12)8-14/h9-11,14H,3-8,12H2,1-2H3/t11-/m1/s1. The Kier molecular flexibility index (Phi) is 4.85. The van der Waals surface area contributed by atoms with Gasteiger partial charge in [0.15, 0.2) is 0 Å². The summed E-state index contributed by atoms with van der Waals surface area (Å²) in [6.45, 7) is 7.86. The van der Waals surface area contributed by atoms with Gasteiger partial charge in [0.05, 0.1) is 6.61 Å². The Bertz CT molecular complexity index is 153. The second-order valence-corrected chi connectivity index (χ2v) is 4.82. The summed E-state index contributed by atoms with van der Waals surface area (Å²) in [5.74, 6) is 1.69. The van der Waals surface area contributed by atoms with Gasteiger partial charge in [-0.15, -0.1) is 0 Å². The summed E-state index contributed by atoms with van der Waals surface area (Å²) < 4.78 is 0. The molecule has 0 bridgehead atoms. The average molecular weight is 200 g/mol. The molecule has 1 heterocycles. The van der Waals surface area contributed by atoms with Crippen LogP contribution >= 0.6 is 0 Å². The lowest BCUT2D eigenvalue weighted by atomic mass is 9.86. The molecule has 1 rings (SSSR count). The molecule has 0 amide bonds. The van der Waals surface area contributed by atoms with E-state index in [4.69, 9.17) is 10.8 Å². The van der Waals surface area contributed by atoms with Gasteiger partial charge in [0.25, 0.3) is 0 Å².